The molecule has 42 heavy (non-hydrogen) atoms. The van der Waals surface area contributed by atoms with E-state index in [0.717, 1.165) is 47.1 Å². The lowest BCUT2D eigenvalue weighted by molar-refractivity contribution is -0.158. The summed E-state index contributed by atoms with van der Waals surface area (Å²) in [5.41, 5.74) is 5.43. The molecule has 2 bridgehead atoms. The average Bonchev–Trinajstić information content (AvgIpc) is 2.95. The van der Waals surface area contributed by atoms with Crippen molar-refractivity contribution in [3.8, 4) is 0 Å². The first-order valence-electron chi connectivity index (χ1n) is 15.4. The number of Topliss-reactive ketones (excluding diaryl/α,β-unsaturated/α-hetero) is 1. The van der Waals surface area contributed by atoms with Crippen LogP contribution in [-0.2, 0) is 37.0 Å². The van der Waals surface area contributed by atoms with Gasteiger partial charge in [0, 0.05) is 6.42 Å². The van der Waals surface area contributed by atoms with Crippen molar-refractivity contribution >= 4 is 11.8 Å². The number of ketones is 1. The molecule has 5 nitrogen and oxygen atoms in total. The van der Waals surface area contributed by atoms with Crippen molar-refractivity contribution < 1.29 is 23.8 Å². The van der Waals surface area contributed by atoms with E-state index in [1.165, 1.54) is 5.57 Å². The molecule has 3 aliphatic rings. The lowest BCUT2D eigenvalue weighted by atomic mass is 9.58. The van der Waals surface area contributed by atoms with E-state index >= 15 is 0 Å². The van der Waals surface area contributed by atoms with Crippen molar-refractivity contribution in [1.82, 2.24) is 0 Å². The van der Waals surface area contributed by atoms with Gasteiger partial charge in [0.25, 0.3) is 0 Å². The molecule has 224 valence electrons. The van der Waals surface area contributed by atoms with Gasteiger partial charge in [0.1, 0.15) is 18.3 Å². The quantitative estimate of drug-likeness (QED) is 0.250. The molecule has 0 aromatic heterocycles. The summed E-state index contributed by atoms with van der Waals surface area (Å²) in [4.78, 5) is 26.7. The van der Waals surface area contributed by atoms with Crippen molar-refractivity contribution in [2.75, 3.05) is 0 Å². The molecule has 0 saturated carbocycles. The monoisotopic (exact) mass is 570 g/mol. The Kier molecular flexibility index (Phi) is 8.91. The van der Waals surface area contributed by atoms with Crippen LogP contribution in [-0.4, -0.2) is 30.1 Å². The van der Waals surface area contributed by atoms with Crippen molar-refractivity contribution in [2.24, 2.45) is 16.7 Å². The number of ether oxygens (including phenoxy) is 3. The van der Waals surface area contributed by atoms with Gasteiger partial charge in [-0.15, -0.1) is 0 Å². The van der Waals surface area contributed by atoms with Crippen molar-refractivity contribution in [2.45, 2.75) is 105 Å². The highest BCUT2D eigenvalue weighted by atomic mass is 16.5. The molecule has 0 spiro atoms. The Bertz CT molecular complexity index is 1350. The van der Waals surface area contributed by atoms with Crippen LogP contribution in [0.4, 0.5) is 0 Å². The number of carbonyl (C=O) groups is 2. The third-order valence-electron chi connectivity index (χ3n) is 9.46. The van der Waals surface area contributed by atoms with Gasteiger partial charge < -0.3 is 14.2 Å². The zero-order valence-corrected chi connectivity index (χ0v) is 26.1. The maximum Gasteiger partial charge on any atom is 0.311 e. The Morgan fingerprint density at radius 2 is 1.43 bits per heavy atom. The zero-order chi connectivity index (χ0) is 30.1. The van der Waals surface area contributed by atoms with E-state index in [1.807, 2.05) is 64.1 Å². The zero-order valence-electron chi connectivity index (χ0n) is 26.1. The van der Waals surface area contributed by atoms with Gasteiger partial charge in [-0.05, 0) is 98.1 Å². The van der Waals surface area contributed by atoms with Crippen LogP contribution in [0, 0.1) is 16.7 Å². The molecule has 3 aliphatic carbocycles. The van der Waals surface area contributed by atoms with Crippen LogP contribution in [0.25, 0.3) is 0 Å². The summed E-state index contributed by atoms with van der Waals surface area (Å²) in [5, 5.41) is 0. The number of esters is 1. The van der Waals surface area contributed by atoms with E-state index in [0.29, 0.717) is 26.1 Å². The van der Waals surface area contributed by atoms with Crippen LogP contribution in [0.5, 0.6) is 0 Å². The van der Waals surface area contributed by atoms with Gasteiger partial charge in [0.15, 0.2) is 5.78 Å². The SMILES string of the molecule is CC1=C2[C@@H](OCc3ccccc3)[C@@H](OCc3ccccc3)C3=C(C[C@H](CC1=O)C2(C)C)[C@H](OC(=O)C(C)(C)C)CCC3. The molecule has 0 fully saturated rings. The highest BCUT2D eigenvalue weighted by molar-refractivity contribution is 5.97. The summed E-state index contributed by atoms with van der Waals surface area (Å²) >= 11 is 0. The first-order valence-corrected chi connectivity index (χ1v) is 15.4. The minimum Gasteiger partial charge on any atom is -0.457 e. The fraction of sp³-hybridized carbons (Fsp3) is 0.514. The first-order chi connectivity index (χ1) is 20.0. The maximum absolute atomic E-state index is 13.6. The van der Waals surface area contributed by atoms with Crippen LogP contribution in [0.15, 0.2) is 83.0 Å². The summed E-state index contributed by atoms with van der Waals surface area (Å²) in [6, 6.07) is 20.4. The molecule has 0 saturated heterocycles. The standard InChI is InChI=1S/C37H46O5/c1-24-30(38)21-27-20-29-28(18-13-19-31(29)42-35(39)36(2,3)4)33(40-22-25-14-9-7-10-15-25)34(32(24)37(27,5)6)41-23-26-16-11-8-12-17-26/h7-12,14-17,27,31,33-34H,13,18-23H2,1-6H3/t27-,31-,33+,34-/m1/s1. The Hall–Kier alpha value is -3.02. The first kappa shape index (κ1) is 30.4. The van der Waals surface area contributed by atoms with Gasteiger partial charge >= 0.3 is 5.97 Å². The van der Waals surface area contributed by atoms with E-state index in [-0.39, 0.29) is 29.2 Å². The van der Waals surface area contributed by atoms with Gasteiger partial charge in [-0.2, -0.15) is 0 Å². The van der Waals surface area contributed by atoms with Crippen LogP contribution in [0.3, 0.4) is 0 Å². The molecule has 4 atom stereocenters. The fourth-order valence-corrected chi connectivity index (χ4v) is 6.91. The van der Waals surface area contributed by atoms with E-state index in [9.17, 15) is 9.59 Å². The molecule has 5 rings (SSSR count). The largest absolute Gasteiger partial charge is 0.457 e. The molecule has 2 aromatic carbocycles. The number of benzene rings is 2. The predicted octanol–water partition coefficient (Wildman–Crippen LogP) is 7.93. The number of hydrogen-bond acceptors (Lipinski definition) is 5. The van der Waals surface area contributed by atoms with E-state index in [2.05, 4.69) is 38.1 Å². The summed E-state index contributed by atoms with van der Waals surface area (Å²) in [6.45, 7) is 13.0. The van der Waals surface area contributed by atoms with Crippen LogP contribution in [0.1, 0.15) is 84.8 Å². The van der Waals surface area contributed by atoms with Gasteiger partial charge in [-0.3, -0.25) is 9.59 Å². The molecule has 0 N–H and O–H groups in total. The third-order valence-corrected chi connectivity index (χ3v) is 9.46. The predicted molar refractivity (Wildman–Crippen MR) is 164 cm³/mol. The van der Waals surface area contributed by atoms with Crippen LogP contribution in [0.2, 0.25) is 0 Å². The normalized spacial score (nSPS) is 25.9. The van der Waals surface area contributed by atoms with Crippen molar-refractivity contribution in [1.29, 1.82) is 0 Å². The number of allylic oxidation sites excluding steroid dienone is 1. The number of fused-ring (bicyclic) bond motifs is 2. The Labute approximate surface area is 251 Å². The average molecular weight is 571 g/mol. The maximum atomic E-state index is 13.6. The number of hydrogen-bond donors (Lipinski definition) is 0. The lowest BCUT2D eigenvalue weighted by Gasteiger charge is -2.50. The van der Waals surface area contributed by atoms with Crippen LogP contribution < -0.4 is 0 Å². The highest BCUT2D eigenvalue weighted by Gasteiger charge is 2.50. The van der Waals surface area contributed by atoms with Gasteiger partial charge in [0.2, 0.25) is 0 Å². The second-order valence-electron chi connectivity index (χ2n) is 13.8. The Balaban J connectivity index is 1.64. The number of carbonyl (C=O) groups excluding carboxylic acids is 2. The van der Waals surface area contributed by atoms with Crippen molar-refractivity contribution in [3.63, 3.8) is 0 Å². The van der Waals surface area contributed by atoms with Gasteiger partial charge in [-0.25, -0.2) is 0 Å². The second-order valence-corrected chi connectivity index (χ2v) is 13.8. The fourth-order valence-electron chi connectivity index (χ4n) is 6.91. The summed E-state index contributed by atoms with van der Waals surface area (Å²) in [5.74, 6) is 0.0606. The van der Waals surface area contributed by atoms with Gasteiger partial charge in [-0.1, -0.05) is 74.5 Å². The topological polar surface area (TPSA) is 61.8 Å². The Morgan fingerprint density at radius 1 is 0.857 bits per heavy atom. The highest BCUT2D eigenvalue weighted by Crippen LogP contribution is 2.53. The molecule has 0 unspecified atom stereocenters. The molecular weight excluding hydrogens is 524 g/mol. The number of rotatable bonds is 7. The smallest absolute Gasteiger partial charge is 0.311 e. The molecular formula is C37H46O5. The lowest BCUT2D eigenvalue weighted by Crippen LogP contribution is -2.49. The molecule has 0 aliphatic heterocycles. The Morgan fingerprint density at radius 3 is 2.00 bits per heavy atom. The third kappa shape index (κ3) is 6.33. The van der Waals surface area contributed by atoms with Crippen molar-refractivity contribution in [3.05, 3.63) is 94.1 Å². The summed E-state index contributed by atoms with van der Waals surface area (Å²) in [6.07, 6.45) is 2.57. The summed E-state index contributed by atoms with van der Waals surface area (Å²) < 4.78 is 20.0. The van der Waals surface area contributed by atoms with Gasteiger partial charge in [0.05, 0.1) is 18.6 Å². The van der Waals surface area contributed by atoms with E-state index < -0.39 is 17.6 Å². The van der Waals surface area contributed by atoms with Crippen LogP contribution >= 0.6 is 0 Å². The van der Waals surface area contributed by atoms with E-state index in [4.69, 9.17) is 14.2 Å². The second kappa shape index (κ2) is 12.3. The molecule has 2 aromatic rings. The molecule has 5 heteroatoms. The van der Waals surface area contributed by atoms with E-state index in [1.54, 1.807) is 0 Å². The minimum absolute atomic E-state index is 0.0838. The minimum atomic E-state index is -0.600. The molecule has 0 radical (unpaired) electrons. The molecule has 0 amide bonds. The summed E-state index contributed by atoms with van der Waals surface area (Å²) in [7, 11) is 0. The molecule has 0 heterocycles.